The molecule has 2 nitrogen and oxygen atoms in total. The third-order valence-corrected chi connectivity index (χ3v) is 5.74. The van der Waals surface area contributed by atoms with Gasteiger partial charge in [0.25, 0.3) is 0 Å². The van der Waals surface area contributed by atoms with Gasteiger partial charge in [0.1, 0.15) is 11.5 Å². The van der Waals surface area contributed by atoms with Gasteiger partial charge in [0.15, 0.2) is 0 Å². The van der Waals surface area contributed by atoms with Gasteiger partial charge < -0.3 is 9.47 Å². The minimum atomic E-state index is 0. The molecular formula is C24H40BrClO2P2. The molecule has 2 rings (SSSR count). The molecule has 0 N–H and O–H groups in total. The molecule has 0 saturated heterocycles. The highest BCUT2D eigenvalue weighted by Gasteiger charge is 1.95. The van der Waals surface area contributed by atoms with E-state index < -0.39 is 0 Å². The Morgan fingerprint density at radius 2 is 1.10 bits per heavy atom. The van der Waals surface area contributed by atoms with Gasteiger partial charge in [0, 0.05) is 0 Å². The molecule has 0 saturated carbocycles. The minimum Gasteiger partial charge on any atom is -0.494 e. The molecule has 0 aliphatic carbocycles. The van der Waals surface area contributed by atoms with Gasteiger partial charge >= 0.3 is 0 Å². The molecule has 1 unspecified atom stereocenters. The van der Waals surface area contributed by atoms with Gasteiger partial charge in [-0.25, -0.2) is 0 Å². The topological polar surface area (TPSA) is 18.5 Å². The first-order chi connectivity index (χ1) is 13.7. The zero-order chi connectivity index (χ0) is 20.3. The van der Waals surface area contributed by atoms with E-state index in [1.165, 1.54) is 44.4 Å². The summed E-state index contributed by atoms with van der Waals surface area (Å²) in [5.41, 5.74) is 0. The van der Waals surface area contributed by atoms with Gasteiger partial charge in [-0.3, -0.25) is 0 Å². The smallest absolute Gasteiger partial charge is 0.119 e. The van der Waals surface area contributed by atoms with E-state index in [1.54, 1.807) is 0 Å². The van der Waals surface area contributed by atoms with Crippen LogP contribution in [-0.4, -0.2) is 38.9 Å². The highest BCUT2D eigenvalue weighted by molar-refractivity contribution is 8.93. The van der Waals surface area contributed by atoms with E-state index in [4.69, 9.17) is 9.47 Å². The minimum absolute atomic E-state index is 0. The fourth-order valence-electron chi connectivity index (χ4n) is 2.54. The van der Waals surface area contributed by atoms with Crippen LogP contribution >= 0.6 is 46.5 Å². The maximum absolute atomic E-state index is 5.62. The van der Waals surface area contributed by atoms with E-state index in [0.717, 1.165) is 31.1 Å². The standard InChI is InChI=1S/C13H21OP.C11H17OP.BrH.ClH/c1-15(2)12-8-4-7-11-14-13-9-5-3-6-10-13;13-10-6-2-5-9-12-11-7-3-1-4-8-11;;/h3,5-6,9-10H,4,7-8,11-12H2,1-2H3;1,3-4,7-8H,2,5-6,9-10,13H2;2*1H. The molecule has 0 amide bonds. The predicted octanol–water partition coefficient (Wildman–Crippen LogP) is 8.09. The van der Waals surface area contributed by atoms with Gasteiger partial charge in [-0.05, 0) is 88.4 Å². The maximum atomic E-state index is 5.62. The maximum Gasteiger partial charge on any atom is 0.119 e. The molecule has 1 atom stereocenters. The van der Waals surface area contributed by atoms with Crippen molar-refractivity contribution in [2.45, 2.75) is 38.5 Å². The third-order valence-electron chi connectivity index (χ3n) is 4.12. The van der Waals surface area contributed by atoms with Gasteiger partial charge in [0.2, 0.25) is 0 Å². The van der Waals surface area contributed by atoms with Crippen molar-refractivity contribution in [3.05, 3.63) is 60.7 Å². The van der Waals surface area contributed by atoms with E-state index in [2.05, 4.69) is 22.6 Å². The summed E-state index contributed by atoms with van der Waals surface area (Å²) >= 11 is 0. The number of hydrogen-bond acceptors (Lipinski definition) is 2. The Kier molecular flexibility index (Phi) is 24.8. The van der Waals surface area contributed by atoms with Crippen molar-refractivity contribution >= 4 is 46.5 Å². The molecule has 172 valence electrons. The van der Waals surface area contributed by atoms with Crippen molar-refractivity contribution < 1.29 is 9.47 Å². The zero-order valence-electron chi connectivity index (χ0n) is 18.5. The van der Waals surface area contributed by atoms with Crippen LogP contribution in [0.5, 0.6) is 11.5 Å². The molecular weight excluding hydrogens is 498 g/mol. The van der Waals surface area contributed by atoms with E-state index >= 15 is 0 Å². The molecule has 0 bridgehead atoms. The molecule has 2 aromatic rings. The predicted molar refractivity (Wildman–Crippen MR) is 147 cm³/mol. The van der Waals surface area contributed by atoms with Crippen LogP contribution in [0.15, 0.2) is 60.7 Å². The summed E-state index contributed by atoms with van der Waals surface area (Å²) in [5.74, 6) is 1.97. The normalized spacial score (nSPS) is 9.60. The third kappa shape index (κ3) is 19.6. The first-order valence-electron chi connectivity index (χ1n) is 10.4. The summed E-state index contributed by atoms with van der Waals surface area (Å²) in [6, 6.07) is 20.0. The summed E-state index contributed by atoms with van der Waals surface area (Å²) in [6.07, 6.45) is 10.1. The average molecular weight is 538 g/mol. The Morgan fingerprint density at radius 3 is 1.50 bits per heavy atom. The van der Waals surface area contributed by atoms with Crippen molar-refractivity contribution in [2.24, 2.45) is 0 Å². The highest BCUT2D eigenvalue weighted by atomic mass is 79.9. The van der Waals surface area contributed by atoms with Gasteiger partial charge in [0.05, 0.1) is 13.2 Å². The number of hydrogen-bond donors (Lipinski definition) is 0. The summed E-state index contributed by atoms with van der Waals surface area (Å²) < 4.78 is 11.2. The lowest BCUT2D eigenvalue weighted by molar-refractivity contribution is 0.306. The van der Waals surface area contributed by atoms with Crippen LogP contribution in [0.25, 0.3) is 0 Å². The molecule has 0 spiro atoms. The molecule has 0 fully saturated rings. The first-order valence-corrected chi connectivity index (χ1v) is 13.7. The molecule has 0 heterocycles. The monoisotopic (exact) mass is 536 g/mol. The van der Waals surface area contributed by atoms with Crippen LogP contribution in [0.1, 0.15) is 38.5 Å². The second kappa shape index (κ2) is 23.3. The Labute approximate surface area is 205 Å². The molecule has 2 aromatic carbocycles. The highest BCUT2D eigenvalue weighted by Crippen LogP contribution is 2.25. The lowest BCUT2D eigenvalue weighted by Crippen LogP contribution is -1.97. The molecule has 30 heavy (non-hydrogen) atoms. The van der Waals surface area contributed by atoms with E-state index in [9.17, 15) is 0 Å². The van der Waals surface area contributed by atoms with E-state index in [0.29, 0.717) is 7.92 Å². The summed E-state index contributed by atoms with van der Waals surface area (Å²) in [7, 11) is 3.04. The Morgan fingerprint density at radius 1 is 0.667 bits per heavy atom. The van der Waals surface area contributed by atoms with E-state index in [-0.39, 0.29) is 29.4 Å². The van der Waals surface area contributed by atoms with Crippen molar-refractivity contribution in [2.75, 3.05) is 38.9 Å². The summed E-state index contributed by atoms with van der Waals surface area (Å²) in [6.45, 7) is 6.38. The quantitative estimate of drug-likeness (QED) is 0.190. The average Bonchev–Trinajstić information content (AvgIpc) is 2.72. The number of halogens is 2. The Bertz CT molecular complexity index is 574. The van der Waals surface area contributed by atoms with Gasteiger partial charge in [-0.1, -0.05) is 36.4 Å². The fraction of sp³-hybridized carbons (Fsp3) is 0.500. The lowest BCUT2D eigenvalue weighted by atomic mass is 10.3. The van der Waals surface area contributed by atoms with Crippen LogP contribution in [0, 0.1) is 0 Å². The fourth-order valence-corrected chi connectivity index (χ4v) is 3.69. The van der Waals surface area contributed by atoms with Crippen molar-refractivity contribution in [1.82, 2.24) is 0 Å². The number of para-hydroxylation sites is 2. The zero-order valence-corrected chi connectivity index (χ0v) is 23.1. The van der Waals surface area contributed by atoms with Gasteiger partial charge in [-0.15, -0.1) is 46.5 Å². The van der Waals surface area contributed by atoms with Crippen molar-refractivity contribution in [3.8, 4) is 11.5 Å². The summed E-state index contributed by atoms with van der Waals surface area (Å²) in [5, 5.41) is 0. The molecule has 0 radical (unpaired) electrons. The van der Waals surface area contributed by atoms with Crippen LogP contribution in [0.4, 0.5) is 0 Å². The van der Waals surface area contributed by atoms with E-state index in [1.807, 2.05) is 60.7 Å². The largest absolute Gasteiger partial charge is 0.494 e. The molecule has 6 heteroatoms. The van der Waals surface area contributed by atoms with Crippen LogP contribution in [0.2, 0.25) is 0 Å². The Hall–Kier alpha value is -0.330. The molecule has 0 aliphatic heterocycles. The van der Waals surface area contributed by atoms with Crippen LogP contribution in [-0.2, 0) is 0 Å². The second-order valence-electron chi connectivity index (χ2n) is 7.04. The summed E-state index contributed by atoms with van der Waals surface area (Å²) in [4.78, 5) is 0. The second-order valence-corrected chi connectivity index (χ2v) is 10.2. The number of rotatable bonds is 13. The SMILES string of the molecule is Br.CP(C)CCCCCOc1ccccc1.Cl.PCCCCCOc1ccccc1. The van der Waals surface area contributed by atoms with Crippen LogP contribution < -0.4 is 9.47 Å². The lowest BCUT2D eigenvalue weighted by Gasteiger charge is -2.07. The van der Waals surface area contributed by atoms with Crippen LogP contribution in [0.3, 0.4) is 0 Å². The first kappa shape index (κ1) is 31.9. The Balaban J connectivity index is 0. The number of ether oxygens (including phenoxy) is 2. The van der Waals surface area contributed by atoms with Crippen molar-refractivity contribution in [1.29, 1.82) is 0 Å². The number of unbranched alkanes of at least 4 members (excludes halogenated alkanes) is 4. The van der Waals surface area contributed by atoms with Gasteiger partial charge in [-0.2, -0.15) is 0 Å². The molecule has 0 aromatic heterocycles. The number of benzene rings is 2. The van der Waals surface area contributed by atoms with Crippen molar-refractivity contribution in [3.63, 3.8) is 0 Å². The molecule has 0 aliphatic rings.